The van der Waals surface area contributed by atoms with Gasteiger partial charge in [0.2, 0.25) is 0 Å². The van der Waals surface area contributed by atoms with Crippen LogP contribution in [-0.2, 0) is 6.42 Å². The molecule has 0 bridgehead atoms. The number of ether oxygens (including phenoxy) is 1. The quantitative estimate of drug-likeness (QED) is 0.599. The largest absolute Gasteiger partial charge is 0.467 e. The zero-order valence-corrected chi connectivity index (χ0v) is 5.55. The summed E-state index contributed by atoms with van der Waals surface area (Å²) in [7, 11) is 1.57. The molecule has 0 N–H and O–H groups in total. The molecule has 1 rings (SSSR count). The predicted octanol–water partition coefficient (Wildman–Crippen LogP) is 1.25. The fourth-order valence-corrected chi connectivity index (χ4v) is 0.653. The molecule has 0 atom stereocenters. The van der Waals surface area contributed by atoms with Crippen molar-refractivity contribution in [2.75, 3.05) is 7.11 Å². The van der Waals surface area contributed by atoms with Crippen molar-refractivity contribution in [3.63, 3.8) is 0 Å². The molecule has 0 aromatic carbocycles. The van der Waals surface area contributed by atoms with Gasteiger partial charge in [-0.1, -0.05) is 12.1 Å². The molecule has 0 radical (unpaired) electrons. The lowest BCUT2D eigenvalue weighted by Gasteiger charge is -1.91. The summed E-state index contributed by atoms with van der Waals surface area (Å²) in [5.74, 6) is 0.525. The van der Waals surface area contributed by atoms with E-state index in [1.165, 1.54) is 0 Å². The number of aryl methyl sites for hydroxylation is 1. The molecular weight excluding hydrogens is 118 g/mol. The molecule has 1 heterocycles. The number of nitrogens with zero attached hydrogens (tertiary/aromatic N) is 1. The Labute approximate surface area is 53.6 Å². The normalized spacial score (nSPS) is 9.56. The lowest BCUT2D eigenvalue weighted by Crippen LogP contribution is -1.83. The minimum Gasteiger partial charge on any atom is -0.467 e. The molecule has 0 aliphatic rings. The van der Waals surface area contributed by atoms with Crippen LogP contribution in [0.5, 0.6) is 5.95 Å². The number of hydrogen-bond donors (Lipinski definition) is 0. The van der Waals surface area contributed by atoms with Gasteiger partial charge >= 0.3 is 5.95 Å². The molecule has 0 saturated carbocycles. The maximum atomic E-state index is 4.85. The molecule has 50 valence electrons. The third kappa shape index (κ3) is 1.04. The first-order valence-electron chi connectivity index (χ1n) is 2.86. The Morgan fingerprint density at radius 2 is 2.56 bits per heavy atom. The van der Waals surface area contributed by atoms with Crippen molar-refractivity contribution < 1.29 is 9.26 Å². The Morgan fingerprint density at radius 1 is 1.78 bits per heavy atom. The van der Waals surface area contributed by atoms with Gasteiger partial charge < -0.3 is 9.26 Å². The van der Waals surface area contributed by atoms with E-state index in [0.29, 0.717) is 5.95 Å². The van der Waals surface area contributed by atoms with Crippen LogP contribution in [0.1, 0.15) is 12.5 Å². The third-order valence-corrected chi connectivity index (χ3v) is 1.17. The van der Waals surface area contributed by atoms with Crippen LogP contribution >= 0.6 is 0 Å². The predicted molar refractivity (Wildman–Crippen MR) is 32.4 cm³/mol. The van der Waals surface area contributed by atoms with Gasteiger partial charge in [0.05, 0.1) is 18.9 Å². The Bertz CT molecular complexity index is 164. The van der Waals surface area contributed by atoms with Gasteiger partial charge in [-0.05, 0) is 6.42 Å². The highest BCUT2D eigenvalue weighted by Crippen LogP contribution is 2.16. The lowest BCUT2D eigenvalue weighted by molar-refractivity contribution is 0.258. The fraction of sp³-hybridized carbons (Fsp3) is 0.500. The first kappa shape index (κ1) is 6.13. The van der Waals surface area contributed by atoms with Gasteiger partial charge in [0.25, 0.3) is 0 Å². The summed E-state index contributed by atoms with van der Waals surface area (Å²) in [6.07, 6.45) is 2.56. The van der Waals surface area contributed by atoms with Gasteiger partial charge in [-0.2, -0.15) is 0 Å². The van der Waals surface area contributed by atoms with Crippen LogP contribution in [0.15, 0.2) is 10.7 Å². The molecule has 1 aromatic heterocycles. The molecule has 0 unspecified atom stereocenters. The van der Waals surface area contributed by atoms with Crippen molar-refractivity contribution in [3.8, 4) is 5.95 Å². The van der Waals surface area contributed by atoms with Crippen molar-refractivity contribution in [1.29, 1.82) is 0 Å². The Balaban J connectivity index is 2.85. The summed E-state index contributed by atoms with van der Waals surface area (Å²) in [5.41, 5.74) is 1.01. The molecule has 0 saturated heterocycles. The maximum Gasteiger partial charge on any atom is 0.314 e. The molecule has 3 nitrogen and oxygen atoms in total. The van der Waals surface area contributed by atoms with E-state index < -0.39 is 0 Å². The average Bonchev–Trinajstić information content (AvgIpc) is 2.33. The smallest absolute Gasteiger partial charge is 0.314 e. The monoisotopic (exact) mass is 127 g/mol. The molecule has 3 heteroatoms. The van der Waals surface area contributed by atoms with Crippen molar-refractivity contribution in [3.05, 3.63) is 11.8 Å². The van der Waals surface area contributed by atoms with E-state index in [1.807, 2.05) is 6.92 Å². The Morgan fingerprint density at radius 3 is 3.00 bits per heavy atom. The van der Waals surface area contributed by atoms with Gasteiger partial charge in [0.15, 0.2) is 0 Å². The first-order chi connectivity index (χ1) is 4.38. The summed E-state index contributed by atoms with van der Waals surface area (Å²) >= 11 is 0. The topological polar surface area (TPSA) is 35.3 Å². The van der Waals surface area contributed by atoms with E-state index in [0.717, 1.165) is 12.0 Å². The number of rotatable bonds is 2. The van der Waals surface area contributed by atoms with Crippen LogP contribution in [0.2, 0.25) is 0 Å². The highest BCUT2D eigenvalue weighted by Gasteiger charge is 2.03. The van der Waals surface area contributed by atoms with Crippen LogP contribution in [0.25, 0.3) is 0 Å². The lowest BCUT2D eigenvalue weighted by atomic mass is 10.3. The van der Waals surface area contributed by atoms with E-state index in [4.69, 9.17) is 9.26 Å². The summed E-state index contributed by atoms with van der Waals surface area (Å²) in [4.78, 5) is 0. The van der Waals surface area contributed by atoms with Gasteiger partial charge in [-0.25, -0.2) is 0 Å². The standard InChI is InChI=1S/C6H9NO2/c1-3-5-4-7-9-6(5)8-2/h4H,3H2,1-2H3. The van der Waals surface area contributed by atoms with Crippen LogP contribution in [-0.4, -0.2) is 12.3 Å². The van der Waals surface area contributed by atoms with Crippen LogP contribution in [0.3, 0.4) is 0 Å². The van der Waals surface area contributed by atoms with Gasteiger partial charge in [-0.15, -0.1) is 0 Å². The second-order valence-electron chi connectivity index (χ2n) is 1.70. The molecule has 0 fully saturated rings. The van der Waals surface area contributed by atoms with Crippen LogP contribution in [0.4, 0.5) is 0 Å². The molecule has 1 aromatic rings. The SMILES string of the molecule is CCc1cnoc1OC. The number of aromatic nitrogens is 1. The molecule has 0 aliphatic carbocycles. The third-order valence-electron chi connectivity index (χ3n) is 1.17. The number of methoxy groups -OCH3 is 1. The second kappa shape index (κ2) is 2.53. The minimum atomic E-state index is 0.525. The van der Waals surface area contributed by atoms with Crippen LogP contribution < -0.4 is 4.74 Å². The van der Waals surface area contributed by atoms with E-state index in [9.17, 15) is 0 Å². The van der Waals surface area contributed by atoms with Crippen molar-refractivity contribution in [1.82, 2.24) is 5.16 Å². The fourth-order valence-electron chi connectivity index (χ4n) is 0.653. The second-order valence-corrected chi connectivity index (χ2v) is 1.70. The van der Waals surface area contributed by atoms with Crippen molar-refractivity contribution in [2.45, 2.75) is 13.3 Å². The Kier molecular flexibility index (Phi) is 1.72. The minimum absolute atomic E-state index is 0.525. The molecular formula is C6H9NO2. The van der Waals surface area contributed by atoms with Gasteiger partial charge in [0.1, 0.15) is 0 Å². The summed E-state index contributed by atoms with van der Waals surface area (Å²) in [6, 6.07) is 0. The van der Waals surface area contributed by atoms with E-state index in [1.54, 1.807) is 13.3 Å². The van der Waals surface area contributed by atoms with E-state index >= 15 is 0 Å². The number of hydrogen-bond acceptors (Lipinski definition) is 3. The molecule has 0 aliphatic heterocycles. The summed E-state index contributed by atoms with van der Waals surface area (Å²) in [5, 5.41) is 3.56. The van der Waals surface area contributed by atoms with Gasteiger partial charge in [0, 0.05) is 0 Å². The van der Waals surface area contributed by atoms with E-state index in [2.05, 4.69) is 5.16 Å². The Hall–Kier alpha value is -0.990. The van der Waals surface area contributed by atoms with Gasteiger partial charge in [-0.3, -0.25) is 0 Å². The maximum absolute atomic E-state index is 4.85. The summed E-state index contributed by atoms with van der Waals surface area (Å²) < 4.78 is 9.58. The first-order valence-corrected chi connectivity index (χ1v) is 2.86. The van der Waals surface area contributed by atoms with Crippen molar-refractivity contribution >= 4 is 0 Å². The van der Waals surface area contributed by atoms with Crippen molar-refractivity contribution in [2.24, 2.45) is 0 Å². The molecule has 0 spiro atoms. The van der Waals surface area contributed by atoms with Crippen LogP contribution in [0, 0.1) is 0 Å². The zero-order chi connectivity index (χ0) is 6.69. The highest BCUT2D eigenvalue weighted by atomic mass is 16.6. The van der Waals surface area contributed by atoms with E-state index in [-0.39, 0.29) is 0 Å². The summed E-state index contributed by atoms with van der Waals surface area (Å²) in [6.45, 7) is 2.02. The highest BCUT2D eigenvalue weighted by molar-refractivity contribution is 5.18. The molecule has 9 heavy (non-hydrogen) atoms. The molecule has 0 amide bonds. The zero-order valence-electron chi connectivity index (χ0n) is 5.55. The average molecular weight is 127 g/mol.